The van der Waals surface area contributed by atoms with Crippen molar-refractivity contribution in [2.75, 3.05) is 7.05 Å². The fourth-order valence-electron chi connectivity index (χ4n) is 3.08. The lowest BCUT2D eigenvalue weighted by Crippen LogP contribution is -2.36. The Balaban J connectivity index is 2.10. The highest BCUT2D eigenvalue weighted by Gasteiger charge is 2.44. The molecule has 2 aliphatic carbocycles. The van der Waals surface area contributed by atoms with Gasteiger partial charge in [0.15, 0.2) is 0 Å². The summed E-state index contributed by atoms with van der Waals surface area (Å²) in [6.45, 7) is 2.41. The molecule has 0 heterocycles. The zero-order chi connectivity index (χ0) is 7.14. The zero-order valence-electron chi connectivity index (χ0n) is 6.93. The van der Waals surface area contributed by atoms with Gasteiger partial charge >= 0.3 is 0 Å². The number of fused-ring (bicyclic) bond motifs is 2. The molecular weight excluding hydrogens is 122 g/mol. The van der Waals surface area contributed by atoms with Gasteiger partial charge in [-0.05, 0) is 44.1 Å². The van der Waals surface area contributed by atoms with E-state index in [0.717, 1.165) is 23.8 Å². The summed E-state index contributed by atoms with van der Waals surface area (Å²) < 4.78 is 0. The van der Waals surface area contributed by atoms with E-state index in [0.29, 0.717) is 0 Å². The Morgan fingerprint density at radius 1 is 1.20 bits per heavy atom. The second-order valence-corrected chi connectivity index (χ2v) is 4.01. The molecule has 1 N–H and O–H groups in total. The van der Waals surface area contributed by atoms with Crippen molar-refractivity contribution < 1.29 is 0 Å². The predicted octanol–water partition coefficient (Wildman–Crippen LogP) is 1.64. The lowest BCUT2D eigenvalue weighted by Gasteiger charge is -2.27. The van der Waals surface area contributed by atoms with Gasteiger partial charge in [-0.25, -0.2) is 0 Å². The van der Waals surface area contributed by atoms with Crippen LogP contribution < -0.4 is 5.32 Å². The number of rotatable bonds is 1. The van der Waals surface area contributed by atoms with E-state index in [9.17, 15) is 0 Å². The maximum Gasteiger partial charge on any atom is 0.0121 e. The highest BCUT2D eigenvalue weighted by molar-refractivity contribution is 4.97. The van der Waals surface area contributed by atoms with Gasteiger partial charge in [-0.15, -0.1) is 0 Å². The van der Waals surface area contributed by atoms with Crippen molar-refractivity contribution in [3.8, 4) is 0 Å². The van der Waals surface area contributed by atoms with Crippen LogP contribution in [0.5, 0.6) is 0 Å². The molecule has 0 aliphatic heterocycles. The van der Waals surface area contributed by atoms with Gasteiger partial charge in [0.2, 0.25) is 0 Å². The SMILES string of the molecule is CNC1C2CC[C@H](C2)C1C. The summed E-state index contributed by atoms with van der Waals surface area (Å²) in [6, 6.07) is 0.846. The third-order valence-electron chi connectivity index (χ3n) is 3.66. The van der Waals surface area contributed by atoms with Crippen LogP contribution in [0.1, 0.15) is 26.2 Å². The maximum atomic E-state index is 3.45. The Morgan fingerprint density at radius 3 is 2.30 bits per heavy atom. The summed E-state index contributed by atoms with van der Waals surface area (Å²) in [7, 11) is 2.11. The Kier molecular flexibility index (Phi) is 1.48. The largest absolute Gasteiger partial charge is 0.316 e. The topological polar surface area (TPSA) is 12.0 Å². The number of hydrogen-bond donors (Lipinski definition) is 1. The molecule has 2 fully saturated rings. The molecule has 10 heavy (non-hydrogen) atoms. The van der Waals surface area contributed by atoms with Gasteiger partial charge in [0.25, 0.3) is 0 Å². The maximum absolute atomic E-state index is 3.45. The molecule has 2 rings (SSSR count). The minimum absolute atomic E-state index is 0.846. The van der Waals surface area contributed by atoms with Gasteiger partial charge in [-0.2, -0.15) is 0 Å². The van der Waals surface area contributed by atoms with E-state index in [4.69, 9.17) is 0 Å². The Labute approximate surface area is 63.2 Å². The fraction of sp³-hybridized carbons (Fsp3) is 1.00. The van der Waals surface area contributed by atoms with Gasteiger partial charge < -0.3 is 5.32 Å². The van der Waals surface area contributed by atoms with Crippen LogP contribution in [0.25, 0.3) is 0 Å². The molecule has 0 radical (unpaired) electrons. The predicted molar refractivity (Wildman–Crippen MR) is 42.8 cm³/mol. The van der Waals surface area contributed by atoms with Crippen LogP contribution in [0, 0.1) is 17.8 Å². The minimum Gasteiger partial charge on any atom is -0.316 e. The summed E-state index contributed by atoms with van der Waals surface area (Å²) in [5, 5.41) is 3.45. The fourth-order valence-corrected chi connectivity index (χ4v) is 3.08. The summed E-state index contributed by atoms with van der Waals surface area (Å²) in [4.78, 5) is 0. The summed E-state index contributed by atoms with van der Waals surface area (Å²) in [5.41, 5.74) is 0. The Morgan fingerprint density at radius 2 is 1.90 bits per heavy atom. The molecule has 4 atom stereocenters. The number of nitrogens with one attached hydrogen (secondary N) is 1. The molecule has 2 aliphatic rings. The van der Waals surface area contributed by atoms with E-state index in [1.54, 1.807) is 0 Å². The molecule has 0 aromatic carbocycles. The average Bonchev–Trinajstić information content (AvgIpc) is 2.46. The standard InChI is InChI=1S/C9H17N/c1-6-7-3-4-8(5-7)9(6)10-2/h6-10H,3-5H2,1-2H3/t6?,7-,8?,9?/m1/s1. The Hall–Kier alpha value is -0.0400. The molecule has 0 spiro atoms. The van der Waals surface area contributed by atoms with Gasteiger partial charge in [-0.3, -0.25) is 0 Å². The summed E-state index contributed by atoms with van der Waals surface area (Å²) >= 11 is 0. The minimum atomic E-state index is 0.846. The van der Waals surface area contributed by atoms with Gasteiger partial charge in [0.1, 0.15) is 0 Å². The van der Waals surface area contributed by atoms with Crippen LogP contribution in [0.4, 0.5) is 0 Å². The first-order valence-corrected chi connectivity index (χ1v) is 4.50. The second kappa shape index (κ2) is 2.23. The molecule has 2 saturated carbocycles. The first-order valence-electron chi connectivity index (χ1n) is 4.50. The molecule has 2 bridgehead atoms. The van der Waals surface area contributed by atoms with E-state index in [1.165, 1.54) is 19.3 Å². The van der Waals surface area contributed by atoms with Gasteiger partial charge in [0, 0.05) is 6.04 Å². The van der Waals surface area contributed by atoms with Crippen LogP contribution in [-0.2, 0) is 0 Å². The van der Waals surface area contributed by atoms with Crippen LogP contribution in [0.15, 0.2) is 0 Å². The first kappa shape index (κ1) is 6.66. The molecule has 3 unspecified atom stereocenters. The monoisotopic (exact) mass is 139 g/mol. The zero-order valence-corrected chi connectivity index (χ0v) is 6.93. The molecule has 1 nitrogen and oxygen atoms in total. The van der Waals surface area contributed by atoms with Crippen LogP contribution >= 0.6 is 0 Å². The normalized spacial score (nSPS) is 52.2. The van der Waals surface area contributed by atoms with Crippen molar-refractivity contribution in [2.24, 2.45) is 17.8 Å². The molecule has 0 aromatic heterocycles. The summed E-state index contributed by atoms with van der Waals surface area (Å²) in [6.07, 6.45) is 4.50. The number of hydrogen-bond acceptors (Lipinski definition) is 1. The van der Waals surface area contributed by atoms with E-state index >= 15 is 0 Å². The second-order valence-electron chi connectivity index (χ2n) is 4.01. The smallest absolute Gasteiger partial charge is 0.0121 e. The lowest BCUT2D eigenvalue weighted by atomic mass is 9.86. The van der Waals surface area contributed by atoms with E-state index < -0.39 is 0 Å². The van der Waals surface area contributed by atoms with Crippen molar-refractivity contribution in [3.05, 3.63) is 0 Å². The van der Waals surface area contributed by atoms with Crippen molar-refractivity contribution in [3.63, 3.8) is 0 Å². The lowest BCUT2D eigenvalue weighted by molar-refractivity contribution is 0.277. The van der Waals surface area contributed by atoms with Crippen LogP contribution in [-0.4, -0.2) is 13.1 Å². The van der Waals surface area contributed by atoms with Gasteiger partial charge in [-0.1, -0.05) is 6.92 Å². The molecule has 1 heteroatoms. The quantitative estimate of drug-likeness (QED) is 0.582. The van der Waals surface area contributed by atoms with E-state index in [2.05, 4.69) is 19.3 Å². The van der Waals surface area contributed by atoms with Crippen molar-refractivity contribution >= 4 is 0 Å². The third-order valence-corrected chi connectivity index (χ3v) is 3.66. The molecule has 0 amide bonds. The van der Waals surface area contributed by atoms with E-state index in [-0.39, 0.29) is 0 Å². The molecule has 58 valence electrons. The highest BCUT2D eigenvalue weighted by Crippen LogP contribution is 2.47. The van der Waals surface area contributed by atoms with Crippen molar-refractivity contribution in [1.29, 1.82) is 0 Å². The van der Waals surface area contributed by atoms with Crippen molar-refractivity contribution in [2.45, 2.75) is 32.2 Å². The first-order chi connectivity index (χ1) is 4.83. The van der Waals surface area contributed by atoms with Gasteiger partial charge in [0.05, 0.1) is 0 Å². The summed E-state index contributed by atoms with van der Waals surface area (Å²) in [5.74, 6) is 3.02. The van der Waals surface area contributed by atoms with E-state index in [1.807, 2.05) is 0 Å². The highest BCUT2D eigenvalue weighted by atomic mass is 14.9. The van der Waals surface area contributed by atoms with Crippen LogP contribution in [0.3, 0.4) is 0 Å². The Bertz CT molecular complexity index is 131. The third kappa shape index (κ3) is 0.731. The van der Waals surface area contributed by atoms with Crippen LogP contribution in [0.2, 0.25) is 0 Å². The molecule has 0 aromatic rings. The van der Waals surface area contributed by atoms with Crippen molar-refractivity contribution in [1.82, 2.24) is 5.32 Å². The molecule has 0 saturated heterocycles. The molecular formula is C9H17N. The average molecular weight is 139 g/mol.